The molecule has 1 rings (SSSR count). The number of allylic oxidation sites excluding steroid dienone is 1. The molecule has 0 heterocycles. The first-order valence-electron chi connectivity index (χ1n) is 5.00. The lowest BCUT2D eigenvalue weighted by molar-refractivity contribution is 0.313. The summed E-state index contributed by atoms with van der Waals surface area (Å²) >= 11 is 0. The minimum atomic E-state index is 0.970. The fourth-order valence-corrected chi connectivity index (χ4v) is 1.82. The third kappa shape index (κ3) is 3.40. The van der Waals surface area contributed by atoms with Gasteiger partial charge < -0.3 is 4.90 Å². The Balaban J connectivity index is 2.13. The van der Waals surface area contributed by atoms with Crippen molar-refractivity contribution in [2.45, 2.75) is 32.1 Å². The summed E-state index contributed by atoms with van der Waals surface area (Å²) in [6.07, 6.45) is 6.69. The summed E-state index contributed by atoms with van der Waals surface area (Å²) in [4.78, 5) is 2.28. The second-order valence-electron chi connectivity index (χ2n) is 4.29. The highest BCUT2D eigenvalue weighted by atomic mass is 15.0. The minimum absolute atomic E-state index is 0.970. The van der Waals surface area contributed by atoms with E-state index in [-0.39, 0.29) is 0 Å². The fourth-order valence-electron chi connectivity index (χ4n) is 1.82. The quantitative estimate of drug-likeness (QED) is 0.584. The van der Waals surface area contributed by atoms with E-state index in [0.29, 0.717) is 0 Å². The normalized spacial score (nSPS) is 20.4. The Morgan fingerprint density at radius 3 is 2.42 bits per heavy atom. The predicted molar refractivity (Wildman–Crippen MR) is 54.3 cm³/mol. The van der Waals surface area contributed by atoms with E-state index in [0.717, 1.165) is 5.92 Å². The highest BCUT2D eigenvalue weighted by Gasteiger charge is 2.14. The van der Waals surface area contributed by atoms with Crippen molar-refractivity contribution < 1.29 is 0 Å². The largest absolute Gasteiger partial charge is 0.309 e. The van der Waals surface area contributed by atoms with E-state index in [2.05, 4.69) is 25.6 Å². The number of nitrogens with zero attached hydrogens (tertiary/aromatic N) is 1. The van der Waals surface area contributed by atoms with Gasteiger partial charge >= 0.3 is 0 Å². The molecule has 0 aliphatic heterocycles. The minimum Gasteiger partial charge on any atom is -0.309 e. The standard InChI is InChI=1S/C11H21N/c1-10-4-6-11(7-5-10)8-9-12(2)3/h11H,1,4-9H2,2-3H3. The summed E-state index contributed by atoms with van der Waals surface area (Å²) in [7, 11) is 4.31. The first-order valence-corrected chi connectivity index (χ1v) is 5.00. The van der Waals surface area contributed by atoms with Gasteiger partial charge in [0.25, 0.3) is 0 Å². The van der Waals surface area contributed by atoms with Gasteiger partial charge in [-0.3, -0.25) is 0 Å². The summed E-state index contributed by atoms with van der Waals surface area (Å²) in [6, 6.07) is 0. The number of rotatable bonds is 3. The van der Waals surface area contributed by atoms with Crippen LogP contribution in [0, 0.1) is 5.92 Å². The smallest absolute Gasteiger partial charge is 0.00222 e. The van der Waals surface area contributed by atoms with Gasteiger partial charge in [-0.25, -0.2) is 0 Å². The molecule has 1 fully saturated rings. The number of hydrogen-bond acceptors (Lipinski definition) is 1. The van der Waals surface area contributed by atoms with Crippen molar-refractivity contribution in [2.24, 2.45) is 5.92 Å². The predicted octanol–water partition coefficient (Wildman–Crippen LogP) is 2.68. The summed E-state index contributed by atoms with van der Waals surface area (Å²) in [5, 5.41) is 0. The number of hydrogen-bond donors (Lipinski definition) is 0. The molecule has 0 radical (unpaired) electrons. The zero-order chi connectivity index (χ0) is 8.97. The maximum absolute atomic E-state index is 4.03. The van der Waals surface area contributed by atoms with Crippen LogP contribution in [-0.4, -0.2) is 25.5 Å². The molecule has 1 nitrogen and oxygen atoms in total. The van der Waals surface area contributed by atoms with Gasteiger partial charge in [-0.05, 0) is 58.7 Å². The van der Waals surface area contributed by atoms with Crippen LogP contribution in [0.4, 0.5) is 0 Å². The molecule has 0 aromatic heterocycles. The van der Waals surface area contributed by atoms with Crippen LogP contribution in [0.2, 0.25) is 0 Å². The van der Waals surface area contributed by atoms with Crippen molar-refractivity contribution in [2.75, 3.05) is 20.6 Å². The molecule has 70 valence electrons. The molecule has 1 aliphatic carbocycles. The van der Waals surface area contributed by atoms with Gasteiger partial charge in [-0.2, -0.15) is 0 Å². The second-order valence-corrected chi connectivity index (χ2v) is 4.29. The zero-order valence-electron chi connectivity index (χ0n) is 8.47. The zero-order valence-corrected chi connectivity index (χ0v) is 8.47. The third-order valence-corrected chi connectivity index (χ3v) is 2.80. The molecular formula is C11H21N. The summed E-state index contributed by atoms with van der Waals surface area (Å²) < 4.78 is 0. The van der Waals surface area contributed by atoms with Gasteiger partial charge in [0, 0.05) is 0 Å². The highest BCUT2D eigenvalue weighted by Crippen LogP contribution is 2.28. The van der Waals surface area contributed by atoms with E-state index in [1.54, 1.807) is 0 Å². The molecule has 0 aromatic carbocycles. The molecule has 0 aromatic rings. The van der Waals surface area contributed by atoms with Crippen molar-refractivity contribution in [1.29, 1.82) is 0 Å². The SMILES string of the molecule is C=C1CCC(CCN(C)C)CC1. The van der Waals surface area contributed by atoms with E-state index in [1.165, 1.54) is 44.2 Å². The Hall–Kier alpha value is -0.300. The Kier molecular flexibility index (Phi) is 3.80. The van der Waals surface area contributed by atoms with Crippen molar-refractivity contribution in [3.8, 4) is 0 Å². The lowest BCUT2D eigenvalue weighted by Gasteiger charge is -2.24. The molecule has 0 saturated heterocycles. The van der Waals surface area contributed by atoms with Crippen LogP contribution in [0.1, 0.15) is 32.1 Å². The van der Waals surface area contributed by atoms with E-state index >= 15 is 0 Å². The Bertz CT molecular complexity index is 139. The van der Waals surface area contributed by atoms with Crippen LogP contribution in [0.3, 0.4) is 0 Å². The fraction of sp³-hybridized carbons (Fsp3) is 0.818. The van der Waals surface area contributed by atoms with E-state index < -0.39 is 0 Å². The molecule has 0 bridgehead atoms. The molecule has 1 aliphatic rings. The Morgan fingerprint density at radius 2 is 1.92 bits per heavy atom. The lowest BCUT2D eigenvalue weighted by atomic mass is 9.84. The maximum Gasteiger partial charge on any atom is -0.00222 e. The van der Waals surface area contributed by atoms with Crippen LogP contribution in [-0.2, 0) is 0 Å². The van der Waals surface area contributed by atoms with Crippen molar-refractivity contribution in [3.63, 3.8) is 0 Å². The lowest BCUT2D eigenvalue weighted by Crippen LogP contribution is -2.18. The average Bonchev–Trinajstić information content (AvgIpc) is 2.03. The average molecular weight is 167 g/mol. The van der Waals surface area contributed by atoms with Crippen LogP contribution in [0.25, 0.3) is 0 Å². The topological polar surface area (TPSA) is 3.24 Å². The molecule has 0 spiro atoms. The third-order valence-electron chi connectivity index (χ3n) is 2.80. The van der Waals surface area contributed by atoms with E-state index in [9.17, 15) is 0 Å². The molecule has 12 heavy (non-hydrogen) atoms. The van der Waals surface area contributed by atoms with Crippen LogP contribution in [0.15, 0.2) is 12.2 Å². The molecule has 0 amide bonds. The van der Waals surface area contributed by atoms with Crippen molar-refractivity contribution in [1.82, 2.24) is 4.90 Å². The Labute approximate surface area is 76.5 Å². The highest BCUT2D eigenvalue weighted by molar-refractivity contribution is 4.98. The monoisotopic (exact) mass is 167 g/mol. The molecular weight excluding hydrogens is 146 g/mol. The summed E-state index contributed by atoms with van der Waals surface area (Å²) in [6.45, 7) is 5.28. The van der Waals surface area contributed by atoms with Crippen LogP contribution < -0.4 is 0 Å². The van der Waals surface area contributed by atoms with Crippen LogP contribution in [0.5, 0.6) is 0 Å². The molecule has 0 N–H and O–H groups in total. The summed E-state index contributed by atoms with van der Waals surface area (Å²) in [5.41, 5.74) is 1.47. The van der Waals surface area contributed by atoms with Crippen LogP contribution >= 0.6 is 0 Å². The molecule has 0 unspecified atom stereocenters. The summed E-state index contributed by atoms with van der Waals surface area (Å²) in [5.74, 6) is 0.970. The first-order chi connectivity index (χ1) is 5.68. The van der Waals surface area contributed by atoms with E-state index in [4.69, 9.17) is 0 Å². The van der Waals surface area contributed by atoms with E-state index in [1.807, 2.05) is 0 Å². The molecule has 0 atom stereocenters. The van der Waals surface area contributed by atoms with Crippen molar-refractivity contribution >= 4 is 0 Å². The van der Waals surface area contributed by atoms with Gasteiger partial charge in [0.15, 0.2) is 0 Å². The van der Waals surface area contributed by atoms with Gasteiger partial charge in [0.05, 0.1) is 0 Å². The van der Waals surface area contributed by atoms with Gasteiger partial charge in [-0.15, -0.1) is 0 Å². The molecule has 1 saturated carbocycles. The van der Waals surface area contributed by atoms with Gasteiger partial charge in [0.1, 0.15) is 0 Å². The molecule has 1 heteroatoms. The van der Waals surface area contributed by atoms with Gasteiger partial charge in [-0.1, -0.05) is 12.2 Å². The van der Waals surface area contributed by atoms with Gasteiger partial charge in [0.2, 0.25) is 0 Å². The first kappa shape index (κ1) is 9.79. The Morgan fingerprint density at radius 1 is 1.33 bits per heavy atom. The maximum atomic E-state index is 4.03. The van der Waals surface area contributed by atoms with Crippen molar-refractivity contribution in [3.05, 3.63) is 12.2 Å². The second kappa shape index (κ2) is 4.66.